The summed E-state index contributed by atoms with van der Waals surface area (Å²) >= 11 is 0. The van der Waals surface area contributed by atoms with Crippen molar-refractivity contribution in [1.82, 2.24) is 0 Å². The van der Waals surface area contributed by atoms with Crippen LogP contribution in [0.3, 0.4) is 0 Å². The summed E-state index contributed by atoms with van der Waals surface area (Å²) < 4.78 is 11.0. The maximum absolute atomic E-state index is 8.96. The van der Waals surface area contributed by atoms with Gasteiger partial charge >= 0.3 is 0 Å². The summed E-state index contributed by atoms with van der Waals surface area (Å²) in [5.74, 6) is 1.56. The molecule has 0 radical (unpaired) electrons. The van der Waals surface area contributed by atoms with Crippen molar-refractivity contribution in [2.24, 2.45) is 0 Å². The third-order valence-electron chi connectivity index (χ3n) is 2.47. The van der Waals surface area contributed by atoms with Crippen LogP contribution < -0.4 is 9.47 Å². The van der Waals surface area contributed by atoms with E-state index in [4.69, 9.17) is 14.6 Å². The molecule has 1 aliphatic carbocycles. The van der Waals surface area contributed by atoms with Gasteiger partial charge in [0.25, 0.3) is 0 Å². The average molecular weight is 208 g/mol. The van der Waals surface area contributed by atoms with Gasteiger partial charge in [0.05, 0.1) is 13.2 Å². The summed E-state index contributed by atoms with van der Waals surface area (Å²) in [7, 11) is 1.64. The first-order valence-electron chi connectivity index (χ1n) is 5.28. The molecular formula is C12H16O3. The highest BCUT2D eigenvalue weighted by atomic mass is 16.5. The van der Waals surface area contributed by atoms with Gasteiger partial charge in [-0.1, -0.05) is 12.1 Å². The number of hydrogen-bond donors (Lipinski definition) is 1. The van der Waals surface area contributed by atoms with Crippen LogP contribution in [0, 0.1) is 0 Å². The fraction of sp³-hybridized carbons (Fsp3) is 0.500. The summed E-state index contributed by atoms with van der Waals surface area (Å²) in [5.41, 5.74) is 1.02. The molecule has 15 heavy (non-hydrogen) atoms. The summed E-state index contributed by atoms with van der Waals surface area (Å²) in [6.45, 7) is 0.133. The molecule has 0 spiro atoms. The van der Waals surface area contributed by atoms with E-state index < -0.39 is 0 Å². The minimum absolute atomic E-state index is 0.133. The minimum Gasteiger partial charge on any atom is -0.493 e. The monoisotopic (exact) mass is 208 g/mol. The van der Waals surface area contributed by atoms with E-state index in [0.29, 0.717) is 12.5 Å². The zero-order chi connectivity index (χ0) is 10.7. The van der Waals surface area contributed by atoms with Gasteiger partial charge in [-0.2, -0.15) is 0 Å². The van der Waals surface area contributed by atoms with Gasteiger partial charge in [0, 0.05) is 12.2 Å². The molecular weight excluding hydrogens is 192 g/mol. The summed E-state index contributed by atoms with van der Waals surface area (Å²) in [5, 5.41) is 8.96. The molecule has 0 atom stereocenters. The predicted molar refractivity (Wildman–Crippen MR) is 57.4 cm³/mol. The second kappa shape index (κ2) is 4.53. The number of methoxy groups -OCH3 is 1. The highest BCUT2D eigenvalue weighted by Gasteiger charge is 2.26. The molecule has 0 aliphatic heterocycles. The SMILES string of the molecule is COc1cccc(CCO)c1OC1CC1. The Bertz CT molecular complexity index is 332. The molecule has 0 bridgehead atoms. The number of hydrogen-bond acceptors (Lipinski definition) is 3. The van der Waals surface area contributed by atoms with Crippen LogP contribution in [-0.4, -0.2) is 24.9 Å². The lowest BCUT2D eigenvalue weighted by Crippen LogP contribution is -2.03. The first-order chi connectivity index (χ1) is 7.35. The largest absolute Gasteiger partial charge is 0.493 e. The van der Waals surface area contributed by atoms with E-state index >= 15 is 0 Å². The Labute approximate surface area is 89.6 Å². The fourth-order valence-corrected chi connectivity index (χ4v) is 1.53. The normalized spacial score (nSPS) is 15.1. The molecule has 0 aromatic heterocycles. The van der Waals surface area contributed by atoms with E-state index in [-0.39, 0.29) is 6.61 Å². The second-order valence-corrected chi connectivity index (χ2v) is 3.74. The van der Waals surface area contributed by atoms with E-state index in [2.05, 4.69) is 0 Å². The standard InChI is InChI=1S/C12H16O3/c1-14-11-4-2-3-9(7-8-13)12(11)15-10-5-6-10/h2-4,10,13H,5-8H2,1H3. The Morgan fingerprint density at radius 1 is 1.40 bits per heavy atom. The molecule has 3 nitrogen and oxygen atoms in total. The molecule has 0 heterocycles. The third kappa shape index (κ3) is 2.42. The van der Waals surface area contributed by atoms with Gasteiger partial charge in [0.1, 0.15) is 0 Å². The van der Waals surface area contributed by atoms with Crippen LogP contribution in [0.15, 0.2) is 18.2 Å². The van der Waals surface area contributed by atoms with Crippen molar-refractivity contribution in [2.45, 2.75) is 25.4 Å². The Balaban J connectivity index is 2.25. The van der Waals surface area contributed by atoms with Crippen molar-refractivity contribution in [3.63, 3.8) is 0 Å². The van der Waals surface area contributed by atoms with Crippen molar-refractivity contribution >= 4 is 0 Å². The van der Waals surface area contributed by atoms with Gasteiger partial charge in [-0.05, 0) is 25.3 Å². The summed E-state index contributed by atoms with van der Waals surface area (Å²) in [4.78, 5) is 0. The average Bonchev–Trinajstić information content (AvgIpc) is 3.05. The lowest BCUT2D eigenvalue weighted by Gasteiger charge is -2.13. The predicted octanol–water partition coefficient (Wildman–Crippen LogP) is 1.77. The van der Waals surface area contributed by atoms with Gasteiger partial charge in [0.15, 0.2) is 11.5 Å². The summed E-state index contributed by atoms with van der Waals surface area (Å²) in [6, 6.07) is 5.78. The molecule has 2 rings (SSSR count). The van der Waals surface area contributed by atoms with Crippen LogP contribution in [0.4, 0.5) is 0 Å². The lowest BCUT2D eigenvalue weighted by molar-refractivity contribution is 0.269. The molecule has 1 fully saturated rings. The maximum atomic E-state index is 8.96. The zero-order valence-corrected chi connectivity index (χ0v) is 8.90. The molecule has 1 aromatic rings. The quantitative estimate of drug-likeness (QED) is 0.801. The molecule has 0 unspecified atom stereocenters. The van der Waals surface area contributed by atoms with Crippen LogP contribution in [0.5, 0.6) is 11.5 Å². The number of rotatable bonds is 5. The Hall–Kier alpha value is -1.22. The van der Waals surface area contributed by atoms with E-state index in [0.717, 1.165) is 29.9 Å². The molecule has 1 N–H and O–H groups in total. The summed E-state index contributed by atoms with van der Waals surface area (Å²) in [6.07, 6.45) is 3.20. The van der Waals surface area contributed by atoms with Crippen LogP contribution >= 0.6 is 0 Å². The number of para-hydroxylation sites is 1. The van der Waals surface area contributed by atoms with Crippen LogP contribution in [0.25, 0.3) is 0 Å². The van der Waals surface area contributed by atoms with Crippen molar-refractivity contribution in [2.75, 3.05) is 13.7 Å². The Morgan fingerprint density at radius 3 is 2.80 bits per heavy atom. The Kier molecular flexibility index (Phi) is 3.11. The van der Waals surface area contributed by atoms with Crippen molar-refractivity contribution in [3.8, 4) is 11.5 Å². The van der Waals surface area contributed by atoms with E-state index in [1.807, 2.05) is 18.2 Å². The Morgan fingerprint density at radius 2 is 2.20 bits per heavy atom. The van der Waals surface area contributed by atoms with Gasteiger partial charge in [-0.25, -0.2) is 0 Å². The smallest absolute Gasteiger partial charge is 0.164 e. The van der Waals surface area contributed by atoms with Crippen LogP contribution in [-0.2, 0) is 6.42 Å². The van der Waals surface area contributed by atoms with Crippen molar-refractivity contribution in [3.05, 3.63) is 23.8 Å². The van der Waals surface area contributed by atoms with Gasteiger partial charge < -0.3 is 14.6 Å². The number of aliphatic hydroxyl groups is 1. The van der Waals surface area contributed by atoms with Crippen molar-refractivity contribution in [1.29, 1.82) is 0 Å². The number of ether oxygens (including phenoxy) is 2. The highest BCUT2D eigenvalue weighted by Crippen LogP contribution is 2.36. The molecule has 0 saturated heterocycles. The van der Waals surface area contributed by atoms with E-state index in [1.165, 1.54) is 0 Å². The maximum Gasteiger partial charge on any atom is 0.164 e. The van der Waals surface area contributed by atoms with Crippen LogP contribution in [0.2, 0.25) is 0 Å². The highest BCUT2D eigenvalue weighted by molar-refractivity contribution is 5.47. The number of benzene rings is 1. The molecule has 3 heteroatoms. The van der Waals surface area contributed by atoms with E-state index in [9.17, 15) is 0 Å². The second-order valence-electron chi connectivity index (χ2n) is 3.74. The molecule has 1 aliphatic rings. The third-order valence-corrected chi connectivity index (χ3v) is 2.47. The van der Waals surface area contributed by atoms with E-state index in [1.54, 1.807) is 7.11 Å². The van der Waals surface area contributed by atoms with Crippen LogP contribution in [0.1, 0.15) is 18.4 Å². The van der Waals surface area contributed by atoms with Crippen molar-refractivity contribution < 1.29 is 14.6 Å². The zero-order valence-electron chi connectivity index (χ0n) is 8.90. The van der Waals surface area contributed by atoms with Gasteiger partial charge in [0.2, 0.25) is 0 Å². The topological polar surface area (TPSA) is 38.7 Å². The molecule has 82 valence electrons. The first kappa shape index (κ1) is 10.3. The lowest BCUT2D eigenvalue weighted by atomic mass is 10.1. The fourth-order valence-electron chi connectivity index (χ4n) is 1.53. The number of aliphatic hydroxyl groups excluding tert-OH is 1. The van der Waals surface area contributed by atoms with Gasteiger partial charge in [-0.15, -0.1) is 0 Å². The molecule has 1 saturated carbocycles. The minimum atomic E-state index is 0.133. The first-order valence-corrected chi connectivity index (χ1v) is 5.28. The molecule has 0 amide bonds. The van der Waals surface area contributed by atoms with Gasteiger partial charge in [-0.3, -0.25) is 0 Å². The molecule has 1 aromatic carbocycles.